The fourth-order valence-corrected chi connectivity index (χ4v) is 4.94. The minimum absolute atomic E-state index is 0.0466. The number of fused-ring (bicyclic) bond motifs is 1. The summed E-state index contributed by atoms with van der Waals surface area (Å²) in [4.78, 5) is 11.9. The van der Waals surface area contributed by atoms with Crippen molar-refractivity contribution in [2.75, 3.05) is 7.11 Å². The van der Waals surface area contributed by atoms with Gasteiger partial charge in [0.15, 0.2) is 0 Å². The standard InChI is InChI=1S/C29H24Cl2N2O5/c1-16(2)27-22(26(32-38-27)25-23(30)8-5-9-24(25)31)15-37-20-10-11-21-18(13-20)14-33(28(21)34)19-7-4-6-17(12-19)29(35)36-3/h4-14,16,34H,15H2,1-3H3. The maximum Gasteiger partial charge on any atom is 0.337 e. The molecule has 7 nitrogen and oxygen atoms in total. The van der Waals surface area contributed by atoms with Gasteiger partial charge in [-0.2, -0.15) is 0 Å². The van der Waals surface area contributed by atoms with Crippen molar-refractivity contribution in [1.29, 1.82) is 0 Å². The summed E-state index contributed by atoms with van der Waals surface area (Å²) in [7, 11) is 1.33. The van der Waals surface area contributed by atoms with Gasteiger partial charge in [0.2, 0.25) is 5.88 Å². The molecule has 0 aliphatic rings. The lowest BCUT2D eigenvalue weighted by Crippen LogP contribution is -2.02. The Bertz CT molecular complexity index is 1630. The highest BCUT2D eigenvalue weighted by Gasteiger charge is 2.24. The average Bonchev–Trinajstić information content (AvgIpc) is 3.48. The molecule has 0 radical (unpaired) electrons. The van der Waals surface area contributed by atoms with E-state index in [4.69, 9.17) is 37.2 Å². The third-order valence-corrected chi connectivity index (χ3v) is 6.86. The van der Waals surface area contributed by atoms with Crippen molar-refractivity contribution in [3.63, 3.8) is 0 Å². The zero-order chi connectivity index (χ0) is 27.0. The number of rotatable bonds is 7. The third kappa shape index (κ3) is 4.71. The van der Waals surface area contributed by atoms with Crippen LogP contribution in [0.2, 0.25) is 10.0 Å². The van der Waals surface area contributed by atoms with Gasteiger partial charge in [-0.25, -0.2) is 4.79 Å². The first-order chi connectivity index (χ1) is 18.3. The second kappa shape index (κ2) is 10.4. The van der Waals surface area contributed by atoms with Crippen LogP contribution in [0.3, 0.4) is 0 Å². The van der Waals surface area contributed by atoms with Crippen LogP contribution in [0.5, 0.6) is 11.6 Å². The van der Waals surface area contributed by atoms with Crippen molar-refractivity contribution >= 4 is 39.9 Å². The van der Waals surface area contributed by atoms with Crippen molar-refractivity contribution in [3.05, 3.63) is 93.8 Å². The van der Waals surface area contributed by atoms with Gasteiger partial charge in [0, 0.05) is 34.1 Å². The molecule has 5 aromatic rings. The molecule has 0 atom stereocenters. The van der Waals surface area contributed by atoms with Crippen LogP contribution < -0.4 is 4.74 Å². The number of carbonyl (C=O) groups excluding carboxylic acids is 1. The molecule has 5 rings (SSSR count). The first-order valence-corrected chi connectivity index (χ1v) is 12.6. The minimum atomic E-state index is -0.453. The first kappa shape index (κ1) is 25.7. The summed E-state index contributed by atoms with van der Waals surface area (Å²) in [6.07, 6.45) is 1.78. The molecule has 0 spiro atoms. The second-order valence-electron chi connectivity index (χ2n) is 9.03. The highest BCUT2D eigenvalue weighted by molar-refractivity contribution is 6.39. The van der Waals surface area contributed by atoms with E-state index in [1.54, 1.807) is 65.4 Å². The average molecular weight is 551 g/mol. The van der Waals surface area contributed by atoms with E-state index in [0.29, 0.717) is 49.4 Å². The number of esters is 1. The quantitative estimate of drug-likeness (QED) is 0.208. The molecule has 194 valence electrons. The van der Waals surface area contributed by atoms with Crippen molar-refractivity contribution in [2.24, 2.45) is 0 Å². The molecule has 0 aliphatic carbocycles. The lowest BCUT2D eigenvalue weighted by atomic mass is 10.0. The van der Waals surface area contributed by atoms with Crippen LogP contribution in [0, 0.1) is 0 Å². The van der Waals surface area contributed by atoms with Gasteiger partial charge in [-0.3, -0.25) is 4.57 Å². The van der Waals surface area contributed by atoms with Crippen molar-refractivity contribution in [3.8, 4) is 28.6 Å². The topological polar surface area (TPSA) is 86.7 Å². The van der Waals surface area contributed by atoms with Crippen molar-refractivity contribution in [2.45, 2.75) is 26.4 Å². The predicted octanol–water partition coefficient (Wildman–Crippen LogP) is 7.79. The van der Waals surface area contributed by atoms with Gasteiger partial charge >= 0.3 is 5.97 Å². The number of hydrogen-bond acceptors (Lipinski definition) is 6. The summed E-state index contributed by atoms with van der Waals surface area (Å²) >= 11 is 12.9. The minimum Gasteiger partial charge on any atom is -0.494 e. The number of benzene rings is 3. The van der Waals surface area contributed by atoms with Crippen LogP contribution in [0.25, 0.3) is 27.7 Å². The molecule has 0 aliphatic heterocycles. The molecule has 0 saturated heterocycles. The van der Waals surface area contributed by atoms with E-state index in [1.807, 2.05) is 19.9 Å². The Morgan fingerprint density at radius 1 is 1.08 bits per heavy atom. The van der Waals surface area contributed by atoms with Crippen molar-refractivity contribution < 1.29 is 23.9 Å². The van der Waals surface area contributed by atoms with Gasteiger partial charge in [-0.15, -0.1) is 0 Å². The maximum absolute atomic E-state index is 11.9. The van der Waals surface area contributed by atoms with E-state index < -0.39 is 5.97 Å². The summed E-state index contributed by atoms with van der Waals surface area (Å²) in [6, 6.07) is 17.5. The van der Waals surface area contributed by atoms with Gasteiger partial charge in [0.05, 0.1) is 28.3 Å². The number of aromatic hydroxyl groups is 1. The summed E-state index contributed by atoms with van der Waals surface area (Å²) in [5.74, 6) is 0.928. The largest absolute Gasteiger partial charge is 0.494 e. The van der Waals surface area contributed by atoms with Gasteiger partial charge in [0.1, 0.15) is 23.8 Å². The predicted molar refractivity (Wildman–Crippen MR) is 147 cm³/mol. The Hall–Kier alpha value is -3.94. The van der Waals surface area contributed by atoms with E-state index >= 15 is 0 Å². The molecule has 2 heterocycles. The Balaban J connectivity index is 1.47. The molecule has 3 aromatic carbocycles. The summed E-state index contributed by atoms with van der Waals surface area (Å²) < 4.78 is 18.3. The van der Waals surface area contributed by atoms with Gasteiger partial charge in [0.25, 0.3) is 0 Å². The van der Waals surface area contributed by atoms with E-state index in [9.17, 15) is 9.90 Å². The van der Waals surface area contributed by atoms with Gasteiger partial charge in [-0.1, -0.05) is 54.3 Å². The Kier molecular flexibility index (Phi) is 7.06. The van der Waals surface area contributed by atoms with E-state index in [1.165, 1.54) is 7.11 Å². The highest BCUT2D eigenvalue weighted by atomic mass is 35.5. The lowest BCUT2D eigenvalue weighted by molar-refractivity contribution is 0.0600. The monoisotopic (exact) mass is 550 g/mol. The molecule has 2 aromatic heterocycles. The van der Waals surface area contributed by atoms with Gasteiger partial charge < -0.3 is 19.1 Å². The molecule has 1 N–H and O–H groups in total. The molecule has 9 heteroatoms. The number of carbonyl (C=O) groups is 1. The van der Waals surface area contributed by atoms with E-state index in [-0.39, 0.29) is 18.4 Å². The molecular formula is C29H24Cl2N2O5. The number of nitrogens with zero attached hydrogens (tertiary/aromatic N) is 2. The smallest absolute Gasteiger partial charge is 0.337 e. The number of ether oxygens (including phenoxy) is 2. The molecular weight excluding hydrogens is 527 g/mol. The normalized spacial score (nSPS) is 11.3. The van der Waals surface area contributed by atoms with Crippen LogP contribution in [0.1, 0.15) is 41.4 Å². The van der Waals surface area contributed by atoms with E-state index in [2.05, 4.69) is 5.16 Å². The maximum atomic E-state index is 11.9. The Labute approximate surface area is 229 Å². The number of hydrogen-bond donors (Lipinski definition) is 1. The van der Waals surface area contributed by atoms with Crippen LogP contribution in [-0.2, 0) is 11.3 Å². The fourth-order valence-electron chi connectivity index (χ4n) is 4.36. The SMILES string of the molecule is COC(=O)c1cccc(-n2cc3cc(OCc4c(-c5c(Cl)cccc5Cl)noc4C(C)C)ccc3c2O)c1. The summed E-state index contributed by atoms with van der Waals surface area (Å²) in [5.41, 5.74) is 2.90. The van der Waals surface area contributed by atoms with Crippen LogP contribution in [0.15, 0.2) is 71.4 Å². The lowest BCUT2D eigenvalue weighted by Gasteiger charge is -2.11. The summed E-state index contributed by atoms with van der Waals surface area (Å²) in [5, 5.41) is 17.5. The number of methoxy groups -OCH3 is 1. The number of aromatic nitrogens is 2. The van der Waals surface area contributed by atoms with Crippen LogP contribution in [0.4, 0.5) is 0 Å². The van der Waals surface area contributed by atoms with Crippen molar-refractivity contribution in [1.82, 2.24) is 9.72 Å². The third-order valence-electron chi connectivity index (χ3n) is 6.23. The first-order valence-electron chi connectivity index (χ1n) is 11.9. The molecule has 0 bridgehead atoms. The molecule has 0 amide bonds. The highest BCUT2D eigenvalue weighted by Crippen LogP contribution is 2.39. The Morgan fingerprint density at radius 3 is 2.53 bits per heavy atom. The molecule has 38 heavy (non-hydrogen) atoms. The van der Waals surface area contributed by atoms with Crippen LogP contribution in [-0.4, -0.2) is 27.9 Å². The molecule has 0 fully saturated rings. The number of halogens is 2. The zero-order valence-corrected chi connectivity index (χ0v) is 22.4. The van der Waals surface area contributed by atoms with E-state index in [0.717, 1.165) is 10.9 Å². The molecule has 0 saturated carbocycles. The molecule has 0 unspecified atom stereocenters. The van der Waals surface area contributed by atoms with Gasteiger partial charge in [-0.05, 0) is 48.5 Å². The zero-order valence-electron chi connectivity index (χ0n) is 20.9. The second-order valence-corrected chi connectivity index (χ2v) is 9.84. The fraction of sp³-hybridized carbons (Fsp3) is 0.172. The Morgan fingerprint density at radius 2 is 1.82 bits per heavy atom. The van der Waals surface area contributed by atoms with Crippen LogP contribution >= 0.6 is 23.2 Å². The summed E-state index contributed by atoms with van der Waals surface area (Å²) in [6.45, 7) is 4.19.